The third-order valence-electron chi connectivity index (χ3n) is 4.27. The predicted molar refractivity (Wildman–Crippen MR) is 101 cm³/mol. The van der Waals surface area contributed by atoms with Crippen molar-refractivity contribution in [2.75, 3.05) is 47.6 Å². The van der Waals surface area contributed by atoms with Crippen LogP contribution in [0.3, 0.4) is 0 Å². The van der Waals surface area contributed by atoms with Gasteiger partial charge in [-0.05, 0) is 30.5 Å². The minimum Gasteiger partial charge on any atom is -0.493 e. The summed E-state index contributed by atoms with van der Waals surface area (Å²) in [6.07, 6.45) is 2.10. The number of methoxy groups -OCH3 is 1. The van der Waals surface area contributed by atoms with Crippen LogP contribution >= 0.6 is 0 Å². The molecular formula is C19H31N3O3. The van der Waals surface area contributed by atoms with Crippen molar-refractivity contribution in [1.82, 2.24) is 10.2 Å². The summed E-state index contributed by atoms with van der Waals surface area (Å²) in [6, 6.07) is 6.03. The maximum atomic E-state index is 5.70. The van der Waals surface area contributed by atoms with Crippen LogP contribution in [0.1, 0.15) is 25.3 Å². The van der Waals surface area contributed by atoms with E-state index in [2.05, 4.69) is 35.2 Å². The third kappa shape index (κ3) is 5.81. The molecule has 0 amide bonds. The molecule has 0 bridgehead atoms. The summed E-state index contributed by atoms with van der Waals surface area (Å²) >= 11 is 0. The van der Waals surface area contributed by atoms with Gasteiger partial charge in [0.15, 0.2) is 17.5 Å². The van der Waals surface area contributed by atoms with Gasteiger partial charge in [-0.1, -0.05) is 13.0 Å². The van der Waals surface area contributed by atoms with Crippen LogP contribution in [0, 0.1) is 5.92 Å². The Labute approximate surface area is 151 Å². The van der Waals surface area contributed by atoms with Crippen LogP contribution < -0.4 is 14.8 Å². The average Bonchev–Trinajstić information content (AvgIpc) is 3.13. The number of hydrogen-bond donors (Lipinski definition) is 1. The Kier molecular flexibility index (Phi) is 7.85. The summed E-state index contributed by atoms with van der Waals surface area (Å²) in [5.41, 5.74) is 1.12. The zero-order valence-corrected chi connectivity index (χ0v) is 15.9. The van der Waals surface area contributed by atoms with Gasteiger partial charge in [-0.2, -0.15) is 0 Å². The summed E-state index contributed by atoms with van der Waals surface area (Å²) < 4.78 is 16.6. The van der Waals surface area contributed by atoms with Crippen LogP contribution in [0.25, 0.3) is 0 Å². The van der Waals surface area contributed by atoms with E-state index >= 15 is 0 Å². The number of guanidine groups is 1. The van der Waals surface area contributed by atoms with Gasteiger partial charge in [0.1, 0.15) is 0 Å². The van der Waals surface area contributed by atoms with Crippen molar-refractivity contribution in [3.8, 4) is 11.5 Å². The largest absolute Gasteiger partial charge is 0.493 e. The van der Waals surface area contributed by atoms with Crippen molar-refractivity contribution < 1.29 is 14.2 Å². The van der Waals surface area contributed by atoms with Crippen molar-refractivity contribution in [3.05, 3.63) is 23.8 Å². The van der Waals surface area contributed by atoms with Gasteiger partial charge in [-0.25, -0.2) is 0 Å². The highest BCUT2D eigenvalue weighted by atomic mass is 16.5. The summed E-state index contributed by atoms with van der Waals surface area (Å²) in [5.74, 6) is 3.02. The zero-order valence-electron chi connectivity index (χ0n) is 15.9. The van der Waals surface area contributed by atoms with Crippen LogP contribution in [0.2, 0.25) is 0 Å². The molecule has 1 fully saturated rings. The second-order valence-electron chi connectivity index (χ2n) is 6.34. The highest BCUT2D eigenvalue weighted by Gasteiger charge is 2.19. The lowest BCUT2D eigenvalue weighted by molar-refractivity contribution is 0.181. The van der Waals surface area contributed by atoms with E-state index in [-0.39, 0.29) is 0 Å². The number of ether oxygens (including phenoxy) is 3. The molecule has 0 spiro atoms. The monoisotopic (exact) mass is 349 g/mol. The van der Waals surface area contributed by atoms with Gasteiger partial charge in [0.25, 0.3) is 0 Å². The predicted octanol–water partition coefficient (Wildman–Crippen LogP) is 2.53. The van der Waals surface area contributed by atoms with Crippen molar-refractivity contribution >= 4 is 5.96 Å². The molecule has 1 aliphatic rings. The molecule has 0 saturated carbocycles. The number of nitrogens with one attached hydrogen (secondary N) is 1. The summed E-state index contributed by atoms with van der Waals surface area (Å²) in [6.45, 7) is 6.13. The smallest absolute Gasteiger partial charge is 0.193 e. The molecule has 1 heterocycles. The number of benzene rings is 1. The molecule has 1 N–H and O–H groups in total. The van der Waals surface area contributed by atoms with Gasteiger partial charge in [0.05, 0.1) is 20.3 Å². The molecule has 0 radical (unpaired) electrons. The van der Waals surface area contributed by atoms with E-state index in [9.17, 15) is 0 Å². The maximum absolute atomic E-state index is 5.70. The van der Waals surface area contributed by atoms with E-state index < -0.39 is 0 Å². The molecule has 0 aliphatic carbocycles. The molecule has 0 aromatic heterocycles. The van der Waals surface area contributed by atoms with E-state index in [1.165, 1.54) is 0 Å². The van der Waals surface area contributed by atoms with Crippen LogP contribution in [0.5, 0.6) is 11.5 Å². The normalized spacial score (nSPS) is 17.4. The lowest BCUT2D eigenvalue weighted by atomic mass is 10.1. The van der Waals surface area contributed by atoms with Gasteiger partial charge in [-0.15, -0.1) is 0 Å². The zero-order chi connectivity index (χ0) is 18.1. The lowest BCUT2D eigenvalue weighted by Crippen LogP contribution is -2.41. The molecule has 1 unspecified atom stereocenters. The number of aliphatic imine (C=N–C) groups is 1. The molecule has 1 aromatic carbocycles. The lowest BCUT2D eigenvalue weighted by Gasteiger charge is -2.24. The first kappa shape index (κ1) is 19.4. The van der Waals surface area contributed by atoms with Crippen LogP contribution in [0.4, 0.5) is 0 Å². The highest BCUT2D eigenvalue weighted by molar-refractivity contribution is 5.79. The number of nitrogens with zero attached hydrogens (tertiary/aromatic N) is 2. The van der Waals surface area contributed by atoms with Crippen molar-refractivity contribution in [1.29, 1.82) is 0 Å². The first-order valence-corrected chi connectivity index (χ1v) is 8.97. The van der Waals surface area contributed by atoms with Gasteiger partial charge >= 0.3 is 0 Å². The van der Waals surface area contributed by atoms with Gasteiger partial charge < -0.3 is 24.4 Å². The fraction of sp³-hybridized carbons (Fsp3) is 0.632. The Bertz CT molecular complexity index is 557. The molecule has 2 rings (SSSR count). The second kappa shape index (κ2) is 10.1. The standard InChI is InChI=1S/C19H31N3O3/c1-5-9-25-17-7-6-15(11-18(17)23-4)12-21-19(20-2)22(3)13-16-8-10-24-14-16/h6-7,11,16H,5,8-10,12-14H2,1-4H3,(H,20,21). The van der Waals surface area contributed by atoms with E-state index in [1.54, 1.807) is 7.11 Å². The Morgan fingerprint density at radius 2 is 2.24 bits per heavy atom. The molecule has 6 nitrogen and oxygen atoms in total. The first-order valence-electron chi connectivity index (χ1n) is 8.97. The second-order valence-corrected chi connectivity index (χ2v) is 6.34. The molecule has 1 aliphatic heterocycles. The van der Waals surface area contributed by atoms with Crippen LogP contribution in [-0.2, 0) is 11.3 Å². The van der Waals surface area contributed by atoms with Crippen LogP contribution in [0.15, 0.2) is 23.2 Å². The Morgan fingerprint density at radius 1 is 1.40 bits per heavy atom. The summed E-state index contributed by atoms with van der Waals surface area (Å²) in [4.78, 5) is 6.54. The summed E-state index contributed by atoms with van der Waals surface area (Å²) in [7, 11) is 5.55. The van der Waals surface area contributed by atoms with E-state index in [4.69, 9.17) is 14.2 Å². The van der Waals surface area contributed by atoms with Gasteiger partial charge in [0.2, 0.25) is 0 Å². The minimum atomic E-state index is 0.582. The van der Waals surface area contributed by atoms with E-state index in [1.807, 2.05) is 19.2 Å². The van der Waals surface area contributed by atoms with Gasteiger partial charge in [-0.3, -0.25) is 4.99 Å². The number of hydrogen-bond acceptors (Lipinski definition) is 4. The quantitative estimate of drug-likeness (QED) is 0.577. The fourth-order valence-corrected chi connectivity index (χ4v) is 2.92. The summed E-state index contributed by atoms with van der Waals surface area (Å²) in [5, 5.41) is 3.41. The van der Waals surface area contributed by atoms with E-state index in [0.717, 1.165) is 55.6 Å². The van der Waals surface area contributed by atoms with Crippen molar-refractivity contribution in [3.63, 3.8) is 0 Å². The molecule has 1 atom stereocenters. The van der Waals surface area contributed by atoms with Gasteiger partial charge in [0, 0.05) is 39.7 Å². The SMILES string of the molecule is CCCOc1ccc(CNC(=NC)N(C)CC2CCOC2)cc1OC. The average molecular weight is 349 g/mol. The molecule has 1 saturated heterocycles. The Hall–Kier alpha value is -1.95. The molecular weight excluding hydrogens is 318 g/mol. The fourth-order valence-electron chi connectivity index (χ4n) is 2.92. The number of rotatable bonds is 8. The highest BCUT2D eigenvalue weighted by Crippen LogP contribution is 2.28. The molecule has 25 heavy (non-hydrogen) atoms. The Morgan fingerprint density at radius 3 is 2.88 bits per heavy atom. The minimum absolute atomic E-state index is 0.582. The maximum Gasteiger partial charge on any atom is 0.193 e. The molecule has 6 heteroatoms. The van der Waals surface area contributed by atoms with E-state index in [0.29, 0.717) is 19.1 Å². The van der Waals surface area contributed by atoms with Crippen molar-refractivity contribution in [2.24, 2.45) is 10.9 Å². The molecule has 1 aromatic rings. The third-order valence-corrected chi connectivity index (χ3v) is 4.27. The Balaban J connectivity index is 1.91. The van der Waals surface area contributed by atoms with Crippen LogP contribution in [-0.4, -0.2) is 58.4 Å². The van der Waals surface area contributed by atoms with Crippen molar-refractivity contribution in [2.45, 2.75) is 26.3 Å². The molecule has 140 valence electrons. The first-order chi connectivity index (χ1) is 12.2. The topological polar surface area (TPSA) is 55.3 Å².